The zero-order valence-electron chi connectivity index (χ0n) is 30.6. The van der Waals surface area contributed by atoms with E-state index >= 15 is 4.79 Å². The smallest absolute Gasteiger partial charge is 0.356 e. The molecule has 1 saturated heterocycles. The summed E-state index contributed by atoms with van der Waals surface area (Å²) in [7, 11) is 1.42. The summed E-state index contributed by atoms with van der Waals surface area (Å²) in [6.45, 7) is -2.63. The number of methoxy groups -OCH3 is 1. The molecule has 10 heteroatoms. The average molecular weight is 795 g/mol. The molecule has 0 saturated carbocycles. The van der Waals surface area contributed by atoms with Crippen LogP contribution in [-0.2, 0) is 30.3 Å². The van der Waals surface area contributed by atoms with E-state index in [0.717, 1.165) is 31.9 Å². The number of nitrogens with zero attached hydrogens (tertiary/aromatic N) is 1. The molecular weight excluding hydrogens is 756 g/mol. The lowest BCUT2D eigenvalue weighted by atomic mass is 9.97. The molecule has 0 unspecified atom stereocenters. The summed E-state index contributed by atoms with van der Waals surface area (Å²) in [5, 5.41) is 7.38. The van der Waals surface area contributed by atoms with Gasteiger partial charge < -0.3 is 14.8 Å². The second kappa shape index (κ2) is 16.3. The first-order chi connectivity index (χ1) is 27.4. The maximum absolute atomic E-state index is 15.1. The topological polar surface area (TPSA) is 84.9 Å². The number of carbonyl (C=O) groups excluding carboxylic acids is 3. The molecule has 7 nitrogen and oxygen atoms in total. The molecule has 1 aromatic heterocycles. The van der Waals surface area contributed by atoms with Gasteiger partial charge in [0.1, 0.15) is 11.1 Å². The maximum Gasteiger partial charge on any atom is 0.356 e. The minimum atomic E-state index is -2.63. The Balaban J connectivity index is 1.32. The Morgan fingerprint density at radius 3 is 1.73 bits per heavy atom. The fourth-order valence-corrected chi connectivity index (χ4v) is 13.6. The molecule has 2 aliphatic rings. The van der Waals surface area contributed by atoms with E-state index in [2.05, 4.69) is 47.5 Å². The third kappa shape index (κ3) is 6.97. The lowest BCUT2D eigenvalue weighted by Crippen LogP contribution is -2.80. The fraction of sp³-hybridized carbons (Fsp3) is 0.130. The van der Waals surface area contributed by atoms with Gasteiger partial charge in [-0.1, -0.05) is 158 Å². The number of benzene rings is 5. The summed E-state index contributed by atoms with van der Waals surface area (Å²) < 4.78 is 12.5. The summed E-state index contributed by atoms with van der Waals surface area (Å²) in [6, 6.07) is 54.0. The van der Waals surface area contributed by atoms with Crippen LogP contribution in [0.3, 0.4) is 0 Å². The molecule has 56 heavy (non-hydrogen) atoms. The van der Waals surface area contributed by atoms with E-state index in [4.69, 9.17) is 9.47 Å². The largest absolute Gasteiger partial charge is 0.448 e. The van der Waals surface area contributed by atoms with E-state index in [-0.39, 0.29) is 18.0 Å². The average Bonchev–Trinajstić information content (AvgIpc) is 3.78. The molecular formula is C46H39N2O5PS2. The number of ether oxygens (including phenoxy) is 2. The summed E-state index contributed by atoms with van der Waals surface area (Å²) in [4.78, 5) is 45.6. The number of esters is 1. The van der Waals surface area contributed by atoms with E-state index < -0.39 is 36.0 Å². The third-order valence-electron chi connectivity index (χ3n) is 10.1. The number of amides is 2. The van der Waals surface area contributed by atoms with Gasteiger partial charge in [-0.25, -0.2) is 4.79 Å². The van der Waals surface area contributed by atoms with E-state index in [1.807, 2.05) is 133 Å². The Morgan fingerprint density at radius 1 is 0.768 bits per heavy atom. The van der Waals surface area contributed by atoms with Crippen LogP contribution in [0, 0.1) is 0 Å². The van der Waals surface area contributed by atoms with E-state index in [1.165, 1.54) is 35.1 Å². The first kappa shape index (κ1) is 37.5. The normalized spacial score (nSPS) is 17.9. The van der Waals surface area contributed by atoms with Crippen molar-refractivity contribution in [2.75, 3.05) is 12.9 Å². The number of β-lactam (4-membered cyclic amide) rings is 1. The van der Waals surface area contributed by atoms with Crippen LogP contribution in [0.25, 0.3) is 0 Å². The number of fused-ring (bicyclic) bond motifs is 1. The predicted molar refractivity (Wildman–Crippen MR) is 228 cm³/mol. The molecule has 3 heterocycles. The van der Waals surface area contributed by atoms with Crippen molar-refractivity contribution in [3.8, 4) is 0 Å². The van der Waals surface area contributed by atoms with Crippen LogP contribution >= 0.6 is 30.0 Å². The summed E-state index contributed by atoms with van der Waals surface area (Å²) in [6.07, 6.45) is -0.650. The molecule has 2 amide bonds. The SMILES string of the molecule is CO[C@]1(NC(=O)Cc2cccs2)C(=O)N2C(C(=O)OC(c3ccccc3)c3ccccc3)=C(C=P(c3ccccc3)(c3ccccc3)c3ccccc3)CS[C@H]21. The highest BCUT2D eigenvalue weighted by Crippen LogP contribution is 2.50. The van der Waals surface area contributed by atoms with Crippen molar-refractivity contribution in [3.63, 3.8) is 0 Å². The quantitative estimate of drug-likeness (QED) is 0.0620. The fourth-order valence-electron chi connectivity index (χ4n) is 7.46. The van der Waals surface area contributed by atoms with Gasteiger partial charge in [0.05, 0.1) is 6.42 Å². The lowest BCUT2D eigenvalue weighted by Gasteiger charge is -2.56. The van der Waals surface area contributed by atoms with Crippen molar-refractivity contribution in [2.45, 2.75) is 23.6 Å². The summed E-state index contributed by atoms with van der Waals surface area (Å²) in [5.41, 5.74) is 0.731. The molecule has 0 bridgehead atoms. The van der Waals surface area contributed by atoms with Gasteiger partial charge in [-0.3, -0.25) is 14.5 Å². The lowest BCUT2D eigenvalue weighted by molar-refractivity contribution is -0.193. The number of hydrogen-bond donors (Lipinski definition) is 1. The molecule has 6 aromatic rings. The molecule has 2 aliphatic heterocycles. The van der Waals surface area contributed by atoms with Crippen LogP contribution in [0.1, 0.15) is 22.1 Å². The molecule has 8 rings (SSSR count). The molecule has 0 spiro atoms. The number of thiophene rings is 1. The van der Waals surface area contributed by atoms with Crippen molar-refractivity contribution in [2.24, 2.45) is 0 Å². The van der Waals surface area contributed by atoms with Gasteiger partial charge in [0, 0.05) is 17.7 Å². The minimum absolute atomic E-state index is 0.102. The number of hydrogen-bond acceptors (Lipinski definition) is 7. The number of nitrogens with one attached hydrogen (secondary N) is 1. The number of thioether (sulfide) groups is 1. The number of carbonyl (C=O) groups is 3. The van der Waals surface area contributed by atoms with Crippen molar-refractivity contribution >= 4 is 69.5 Å². The van der Waals surface area contributed by atoms with E-state index in [1.54, 1.807) is 0 Å². The van der Waals surface area contributed by atoms with Gasteiger partial charge in [0.25, 0.3) is 11.6 Å². The summed E-state index contributed by atoms with van der Waals surface area (Å²) >= 11 is 2.92. The standard InChI is InChI=1S/C46H39N2O5PS2/c1-52-46(47-40(49)30-39-28-17-29-55-39)44(51)48-41(43(50)53-42(33-18-7-2-8-19-33)34-20-9-3-10-21-34)35(32-56-45(46)48)31-54(36-22-11-4-12-23-36,37-24-13-5-14-25-37)38-26-15-6-16-27-38/h2-29,31,42,45H,30,32H2,1H3,(H,47,49)/t45-,46+/m0/s1. The Labute approximate surface area is 335 Å². The molecule has 0 radical (unpaired) electrons. The maximum atomic E-state index is 15.1. The molecule has 5 aromatic carbocycles. The minimum Gasteiger partial charge on any atom is -0.448 e. The molecule has 0 aliphatic carbocycles. The Kier molecular flexibility index (Phi) is 10.9. The van der Waals surface area contributed by atoms with Crippen LogP contribution in [0.15, 0.2) is 180 Å². The van der Waals surface area contributed by atoms with E-state index in [9.17, 15) is 9.59 Å². The second-order valence-electron chi connectivity index (χ2n) is 13.4. The van der Waals surface area contributed by atoms with Crippen LogP contribution in [-0.4, -0.2) is 52.4 Å². The zero-order chi connectivity index (χ0) is 38.5. The predicted octanol–water partition coefficient (Wildman–Crippen LogP) is 7.05. The van der Waals surface area contributed by atoms with Crippen molar-refractivity contribution < 1.29 is 23.9 Å². The first-order valence-electron chi connectivity index (χ1n) is 18.2. The van der Waals surface area contributed by atoms with Crippen molar-refractivity contribution in [1.29, 1.82) is 0 Å². The van der Waals surface area contributed by atoms with Gasteiger partial charge in [-0.2, -0.15) is 0 Å². The van der Waals surface area contributed by atoms with Gasteiger partial charge >= 0.3 is 5.97 Å². The second-order valence-corrected chi connectivity index (χ2v) is 18.8. The van der Waals surface area contributed by atoms with Gasteiger partial charge in [-0.05, 0) is 56.7 Å². The van der Waals surface area contributed by atoms with E-state index in [0.29, 0.717) is 11.3 Å². The van der Waals surface area contributed by atoms with Crippen LogP contribution < -0.4 is 21.2 Å². The van der Waals surface area contributed by atoms with Crippen LogP contribution in [0.2, 0.25) is 0 Å². The third-order valence-corrected chi connectivity index (χ3v) is 16.3. The van der Waals surface area contributed by atoms with Crippen molar-refractivity contribution in [1.82, 2.24) is 10.2 Å². The zero-order valence-corrected chi connectivity index (χ0v) is 33.1. The first-order valence-corrected chi connectivity index (χ1v) is 22.0. The Bertz CT molecular complexity index is 2270. The summed E-state index contributed by atoms with van der Waals surface area (Å²) in [5.74, 6) is 1.05. The molecule has 2 atom stereocenters. The molecule has 1 fully saturated rings. The highest BCUT2D eigenvalue weighted by atomic mass is 32.2. The van der Waals surface area contributed by atoms with Gasteiger partial charge in [0.2, 0.25) is 5.91 Å². The Hall–Kier alpha value is -5.44. The Morgan fingerprint density at radius 2 is 1.27 bits per heavy atom. The van der Waals surface area contributed by atoms with Gasteiger partial charge in [-0.15, -0.1) is 23.1 Å². The van der Waals surface area contributed by atoms with Crippen molar-refractivity contribution in [3.05, 3.63) is 196 Å². The van der Waals surface area contributed by atoms with Crippen LogP contribution in [0.5, 0.6) is 0 Å². The molecule has 1 N–H and O–H groups in total. The van der Waals surface area contributed by atoms with Crippen LogP contribution in [0.4, 0.5) is 0 Å². The molecule has 280 valence electrons. The highest BCUT2D eigenvalue weighted by molar-refractivity contribution is 8.00. The number of rotatable bonds is 12. The van der Waals surface area contributed by atoms with Gasteiger partial charge in [0.15, 0.2) is 6.10 Å². The highest BCUT2D eigenvalue weighted by Gasteiger charge is 2.66. The monoisotopic (exact) mass is 794 g/mol.